The largest absolute Gasteiger partial charge is 0.494 e. The van der Waals surface area contributed by atoms with Crippen molar-refractivity contribution in [2.75, 3.05) is 25.6 Å². The van der Waals surface area contributed by atoms with Crippen molar-refractivity contribution in [2.24, 2.45) is 20.5 Å². The number of nitrogens with zero attached hydrogens (tertiary/aromatic N) is 9. The van der Waals surface area contributed by atoms with Crippen LogP contribution in [0.1, 0.15) is 27.2 Å². The third-order valence-electron chi connectivity index (χ3n) is 7.31. The maximum Gasteiger partial charge on any atom is 0.296 e. The summed E-state index contributed by atoms with van der Waals surface area (Å²) in [6.07, 6.45) is 2.63. The average Bonchev–Trinajstić information content (AvgIpc) is 3.56. The quantitative estimate of drug-likeness (QED) is 0.0504. The highest BCUT2D eigenvalue weighted by Crippen LogP contribution is 2.37. The van der Waals surface area contributed by atoms with Crippen LogP contribution < -0.4 is 14.4 Å². The summed E-state index contributed by atoms with van der Waals surface area (Å²) < 4.78 is 13.0. The van der Waals surface area contributed by atoms with Crippen molar-refractivity contribution in [1.82, 2.24) is 15.0 Å². The number of nitro groups is 1. The zero-order chi connectivity index (χ0) is 34.0. The Morgan fingerprint density at radius 3 is 2.35 bits per heavy atom. The first-order valence-electron chi connectivity index (χ1n) is 14.9. The van der Waals surface area contributed by atoms with Gasteiger partial charge in [0.05, 0.1) is 36.1 Å². The highest BCUT2D eigenvalue weighted by molar-refractivity contribution is 5.74. The molecular weight excluding hydrogens is 614 g/mol. The summed E-state index contributed by atoms with van der Waals surface area (Å²) in [6, 6.07) is 22.8. The molecule has 14 nitrogen and oxygen atoms in total. The van der Waals surface area contributed by atoms with Gasteiger partial charge in [0.15, 0.2) is 5.69 Å². The summed E-state index contributed by atoms with van der Waals surface area (Å²) in [7, 11) is 3.51. The Morgan fingerprint density at radius 1 is 0.917 bits per heavy atom. The van der Waals surface area contributed by atoms with Gasteiger partial charge in [0.25, 0.3) is 5.69 Å². The lowest BCUT2D eigenvalue weighted by atomic mass is 10.1. The lowest BCUT2D eigenvalue weighted by molar-refractivity contribution is -0.384. The van der Waals surface area contributed by atoms with Gasteiger partial charge in [-0.1, -0.05) is 11.3 Å². The maximum atomic E-state index is 11.4. The summed E-state index contributed by atoms with van der Waals surface area (Å²) in [5.41, 5.74) is 5.50. The van der Waals surface area contributed by atoms with E-state index < -0.39 is 4.92 Å². The predicted octanol–water partition coefficient (Wildman–Crippen LogP) is 8.17. The van der Waals surface area contributed by atoms with Crippen LogP contribution in [0.5, 0.6) is 11.5 Å². The fraction of sp³-hybridized carbons (Fsp3) is 0.206. The van der Waals surface area contributed by atoms with Gasteiger partial charge in [0.1, 0.15) is 35.8 Å². The first-order chi connectivity index (χ1) is 23.2. The van der Waals surface area contributed by atoms with Crippen molar-refractivity contribution < 1.29 is 19.2 Å². The van der Waals surface area contributed by atoms with Crippen LogP contribution in [-0.2, 0) is 13.2 Å². The summed E-state index contributed by atoms with van der Waals surface area (Å²) in [5.74, 6) is 1.09. The third-order valence-corrected chi connectivity index (χ3v) is 7.31. The van der Waals surface area contributed by atoms with E-state index in [4.69, 9.17) is 9.47 Å². The fourth-order valence-corrected chi connectivity index (χ4v) is 4.56. The molecule has 48 heavy (non-hydrogen) atoms. The zero-order valence-electron chi connectivity index (χ0n) is 26.8. The van der Waals surface area contributed by atoms with E-state index >= 15 is 0 Å². The van der Waals surface area contributed by atoms with E-state index in [1.54, 1.807) is 60.1 Å². The van der Waals surface area contributed by atoms with Crippen LogP contribution in [0, 0.1) is 24.0 Å². The van der Waals surface area contributed by atoms with Gasteiger partial charge >= 0.3 is 0 Å². The second-order valence-electron chi connectivity index (χ2n) is 10.8. The number of likely N-dealkylation sites (N-methyl/N-ethyl adjacent to an activating group) is 1. The summed E-state index contributed by atoms with van der Waals surface area (Å²) in [6.45, 7) is 5.20. The number of rotatable bonds is 14. The number of aldehydes is 1. The number of azo groups is 2. The molecule has 0 atom stereocenters. The molecule has 1 heterocycles. The molecule has 0 aliphatic rings. The van der Waals surface area contributed by atoms with Gasteiger partial charge in [0.2, 0.25) is 0 Å². The first kappa shape index (κ1) is 33.1. The van der Waals surface area contributed by atoms with Crippen molar-refractivity contribution in [2.45, 2.75) is 27.0 Å². The number of carbonyl (C=O) groups is 1. The van der Waals surface area contributed by atoms with E-state index in [9.17, 15) is 14.9 Å². The minimum Gasteiger partial charge on any atom is -0.494 e. The molecule has 0 saturated heterocycles. The molecule has 0 N–H and O–H groups in total. The van der Waals surface area contributed by atoms with E-state index in [0.717, 1.165) is 23.1 Å². The van der Waals surface area contributed by atoms with Crippen LogP contribution in [0.3, 0.4) is 0 Å². The Balaban J connectivity index is 1.17. The lowest BCUT2D eigenvalue weighted by Gasteiger charge is -2.19. The smallest absolute Gasteiger partial charge is 0.296 e. The molecule has 0 spiro atoms. The third kappa shape index (κ3) is 8.48. The number of aryl methyl sites for hydroxylation is 2. The molecule has 14 heteroatoms. The van der Waals surface area contributed by atoms with E-state index in [1.807, 2.05) is 44.4 Å². The molecule has 5 rings (SSSR count). The monoisotopic (exact) mass is 647 g/mol. The number of nitro benzene ring substituents is 1. The maximum absolute atomic E-state index is 11.4. The molecule has 0 fully saturated rings. The lowest BCUT2D eigenvalue weighted by Crippen LogP contribution is -2.22. The van der Waals surface area contributed by atoms with Gasteiger partial charge in [-0.2, -0.15) is 5.11 Å². The zero-order valence-corrected chi connectivity index (χ0v) is 26.8. The highest BCUT2D eigenvalue weighted by Gasteiger charge is 2.14. The van der Waals surface area contributed by atoms with E-state index in [1.165, 1.54) is 13.2 Å². The minimum atomic E-state index is -0.476. The number of benzene rings is 4. The van der Waals surface area contributed by atoms with Gasteiger partial charge in [-0.3, -0.25) is 19.6 Å². The standard InChI is InChI=1S/C34H33N9O5/c1-23-5-14-30(33(17-23)43(45)46)37-38-31-19-34(47-4)32(18-24(31)2)39-35-26-8-10-28(11-9-26)41(3)15-16-42-20-27(36-40-42)22-48-29-12-6-25(21-44)7-13-29/h5-14,17-21H,15-16,22H2,1-4H3. The molecule has 0 bridgehead atoms. The minimum absolute atomic E-state index is 0.113. The van der Waals surface area contributed by atoms with Crippen LogP contribution in [0.25, 0.3) is 0 Å². The van der Waals surface area contributed by atoms with Crippen LogP contribution in [0.4, 0.5) is 34.1 Å². The molecule has 0 aliphatic carbocycles. The van der Waals surface area contributed by atoms with Crippen molar-refractivity contribution >= 4 is 40.4 Å². The number of methoxy groups -OCH3 is 1. The van der Waals surface area contributed by atoms with Gasteiger partial charge < -0.3 is 14.4 Å². The van der Waals surface area contributed by atoms with Gasteiger partial charge in [-0.25, -0.2) is 0 Å². The fourth-order valence-electron chi connectivity index (χ4n) is 4.56. The molecule has 0 amide bonds. The van der Waals surface area contributed by atoms with Crippen LogP contribution in [-0.4, -0.2) is 46.9 Å². The predicted molar refractivity (Wildman–Crippen MR) is 180 cm³/mol. The Kier molecular flexibility index (Phi) is 10.6. The molecule has 244 valence electrons. The molecular formula is C34H33N9O5. The topological polar surface area (TPSA) is 162 Å². The van der Waals surface area contributed by atoms with Crippen molar-refractivity contribution in [3.05, 3.63) is 118 Å². The van der Waals surface area contributed by atoms with E-state index in [2.05, 4.69) is 35.7 Å². The SMILES string of the molecule is COc1cc(N=Nc2ccc(C)cc2[N+](=O)[O-])c(C)cc1N=Nc1ccc(N(C)CCn2cc(COc3ccc(C=O)cc3)nn2)cc1. The Labute approximate surface area is 276 Å². The summed E-state index contributed by atoms with van der Waals surface area (Å²) >= 11 is 0. The number of aromatic nitrogens is 3. The van der Waals surface area contributed by atoms with E-state index in [-0.39, 0.29) is 18.0 Å². The summed E-state index contributed by atoms with van der Waals surface area (Å²) in [5, 5.41) is 36.9. The number of hydrogen-bond acceptors (Lipinski definition) is 12. The van der Waals surface area contributed by atoms with E-state index in [0.29, 0.717) is 52.9 Å². The van der Waals surface area contributed by atoms with Gasteiger partial charge in [-0.05, 0) is 85.6 Å². The number of carbonyl (C=O) groups excluding carboxylic acids is 1. The van der Waals surface area contributed by atoms with Crippen LogP contribution >= 0.6 is 0 Å². The molecule has 0 radical (unpaired) electrons. The molecule has 4 aromatic carbocycles. The second kappa shape index (κ2) is 15.3. The van der Waals surface area contributed by atoms with Crippen molar-refractivity contribution in [1.29, 1.82) is 0 Å². The average molecular weight is 648 g/mol. The number of anilines is 1. The first-order valence-corrected chi connectivity index (χ1v) is 14.9. The van der Waals surface area contributed by atoms with Crippen LogP contribution in [0.2, 0.25) is 0 Å². The van der Waals surface area contributed by atoms with Gasteiger partial charge in [0, 0.05) is 37.0 Å². The Morgan fingerprint density at radius 2 is 1.65 bits per heavy atom. The Hall–Kier alpha value is -6.31. The summed E-state index contributed by atoms with van der Waals surface area (Å²) in [4.78, 5) is 23.9. The Bertz CT molecular complexity index is 1960. The van der Waals surface area contributed by atoms with Crippen LogP contribution in [0.15, 0.2) is 106 Å². The van der Waals surface area contributed by atoms with Gasteiger partial charge in [-0.15, -0.1) is 20.4 Å². The number of ether oxygens (including phenoxy) is 2. The molecule has 0 saturated carbocycles. The molecule has 1 aromatic heterocycles. The van der Waals surface area contributed by atoms with Crippen molar-refractivity contribution in [3.8, 4) is 11.5 Å². The highest BCUT2D eigenvalue weighted by atomic mass is 16.6. The molecule has 0 aliphatic heterocycles. The molecule has 0 unspecified atom stereocenters. The normalized spacial score (nSPS) is 11.2. The second-order valence-corrected chi connectivity index (χ2v) is 10.8. The molecule has 5 aromatic rings. The number of hydrogen-bond donors (Lipinski definition) is 0. The van der Waals surface area contributed by atoms with Crippen molar-refractivity contribution in [3.63, 3.8) is 0 Å².